The molecule has 0 radical (unpaired) electrons. The van der Waals surface area contributed by atoms with Gasteiger partial charge in [0.05, 0.1) is 0 Å². The molecule has 4 atom stereocenters. The lowest BCUT2D eigenvalue weighted by Crippen LogP contribution is -2.47. The fraction of sp³-hybridized carbons (Fsp3) is 0.929. The molecule has 2 heteroatoms. The summed E-state index contributed by atoms with van der Waals surface area (Å²) in [6.45, 7) is 8.62. The highest BCUT2D eigenvalue weighted by atomic mass is 16.2. The van der Waals surface area contributed by atoms with E-state index in [-0.39, 0.29) is 5.92 Å². The first-order chi connectivity index (χ1) is 7.56. The average Bonchev–Trinajstić information content (AvgIpc) is 2.85. The van der Waals surface area contributed by atoms with Gasteiger partial charge in [-0.25, -0.2) is 0 Å². The summed E-state index contributed by atoms with van der Waals surface area (Å²) >= 11 is 0. The van der Waals surface area contributed by atoms with E-state index in [4.69, 9.17) is 0 Å². The number of likely N-dealkylation sites (tertiary alicyclic amines) is 1. The minimum atomic E-state index is 0.188. The Morgan fingerprint density at radius 3 is 2.56 bits per heavy atom. The standard InChI is InChI=1S/C14H25NO/c1-5-13-11-6-7-12(8-11)15(13)14(16)10(4)9(2)3/h9-13H,5-8H2,1-4H3/t10-,11?,12?,13?/m0/s1. The number of fused-ring (bicyclic) bond motifs is 2. The molecule has 16 heavy (non-hydrogen) atoms. The van der Waals surface area contributed by atoms with E-state index in [0.29, 0.717) is 23.9 Å². The third kappa shape index (κ3) is 1.76. The van der Waals surface area contributed by atoms with Crippen LogP contribution in [-0.4, -0.2) is 22.9 Å². The van der Waals surface area contributed by atoms with Crippen LogP contribution in [0, 0.1) is 17.8 Å². The summed E-state index contributed by atoms with van der Waals surface area (Å²) in [5, 5.41) is 0. The second kappa shape index (κ2) is 4.38. The third-order valence-corrected chi connectivity index (χ3v) is 4.80. The van der Waals surface area contributed by atoms with Crippen molar-refractivity contribution in [3.63, 3.8) is 0 Å². The van der Waals surface area contributed by atoms with Gasteiger partial charge >= 0.3 is 0 Å². The number of carbonyl (C=O) groups is 1. The Morgan fingerprint density at radius 2 is 2.00 bits per heavy atom. The van der Waals surface area contributed by atoms with Crippen molar-refractivity contribution in [2.75, 3.05) is 0 Å². The van der Waals surface area contributed by atoms with E-state index in [9.17, 15) is 4.79 Å². The van der Waals surface area contributed by atoms with Gasteiger partial charge in [-0.15, -0.1) is 0 Å². The summed E-state index contributed by atoms with van der Waals surface area (Å²) in [5.74, 6) is 1.87. The van der Waals surface area contributed by atoms with E-state index >= 15 is 0 Å². The van der Waals surface area contributed by atoms with Crippen LogP contribution in [0.5, 0.6) is 0 Å². The lowest BCUT2D eigenvalue weighted by Gasteiger charge is -2.37. The van der Waals surface area contributed by atoms with Gasteiger partial charge in [-0.3, -0.25) is 4.79 Å². The number of rotatable bonds is 3. The van der Waals surface area contributed by atoms with Crippen LogP contribution in [0.3, 0.4) is 0 Å². The molecule has 92 valence electrons. The molecule has 2 aliphatic rings. The van der Waals surface area contributed by atoms with Crippen molar-refractivity contribution in [3.05, 3.63) is 0 Å². The van der Waals surface area contributed by atoms with Gasteiger partial charge in [-0.1, -0.05) is 27.7 Å². The summed E-state index contributed by atoms with van der Waals surface area (Å²) in [5.41, 5.74) is 0. The number of amides is 1. The van der Waals surface area contributed by atoms with Gasteiger partial charge in [0, 0.05) is 18.0 Å². The molecule has 0 aromatic carbocycles. The Morgan fingerprint density at radius 1 is 1.31 bits per heavy atom. The molecule has 1 heterocycles. The SMILES string of the molecule is CCC1C2CCC(C2)N1C(=O)[C@@H](C)C(C)C. The molecule has 1 amide bonds. The number of nitrogens with zero attached hydrogens (tertiary/aromatic N) is 1. The summed E-state index contributed by atoms with van der Waals surface area (Å²) in [6.07, 6.45) is 5.01. The van der Waals surface area contributed by atoms with Gasteiger partial charge in [-0.05, 0) is 37.5 Å². The van der Waals surface area contributed by atoms with E-state index < -0.39 is 0 Å². The molecule has 1 saturated heterocycles. The minimum Gasteiger partial charge on any atom is -0.336 e. The maximum absolute atomic E-state index is 12.5. The number of piperidine rings is 1. The lowest BCUT2D eigenvalue weighted by molar-refractivity contribution is -0.140. The van der Waals surface area contributed by atoms with Crippen LogP contribution in [0.15, 0.2) is 0 Å². The predicted molar refractivity (Wildman–Crippen MR) is 66.1 cm³/mol. The van der Waals surface area contributed by atoms with Crippen molar-refractivity contribution in [2.24, 2.45) is 17.8 Å². The van der Waals surface area contributed by atoms with Crippen LogP contribution in [0.1, 0.15) is 53.4 Å². The quantitative estimate of drug-likeness (QED) is 0.720. The molecule has 3 unspecified atom stereocenters. The Bertz CT molecular complexity index is 274. The third-order valence-electron chi connectivity index (χ3n) is 4.80. The monoisotopic (exact) mass is 223 g/mol. The summed E-state index contributed by atoms with van der Waals surface area (Å²) in [4.78, 5) is 14.7. The second-order valence-corrected chi connectivity index (χ2v) is 5.98. The van der Waals surface area contributed by atoms with Crippen molar-refractivity contribution in [2.45, 2.75) is 65.5 Å². The molecule has 1 aliphatic heterocycles. The molecule has 2 rings (SSSR count). The van der Waals surface area contributed by atoms with Crippen molar-refractivity contribution in [3.8, 4) is 0 Å². The fourth-order valence-electron chi connectivity index (χ4n) is 3.49. The van der Waals surface area contributed by atoms with Crippen LogP contribution in [0.25, 0.3) is 0 Å². The molecule has 0 aromatic rings. The highest BCUT2D eigenvalue weighted by Crippen LogP contribution is 2.44. The highest BCUT2D eigenvalue weighted by Gasteiger charge is 2.47. The molecule has 0 spiro atoms. The first kappa shape index (κ1) is 11.9. The topological polar surface area (TPSA) is 20.3 Å². The highest BCUT2D eigenvalue weighted by molar-refractivity contribution is 5.80. The maximum atomic E-state index is 12.5. The first-order valence-corrected chi connectivity index (χ1v) is 6.88. The fourth-order valence-corrected chi connectivity index (χ4v) is 3.49. The number of hydrogen-bond donors (Lipinski definition) is 0. The molecular weight excluding hydrogens is 198 g/mol. The van der Waals surface area contributed by atoms with Crippen molar-refractivity contribution in [1.29, 1.82) is 0 Å². The van der Waals surface area contributed by atoms with Gasteiger partial charge in [-0.2, -0.15) is 0 Å². The summed E-state index contributed by atoms with van der Waals surface area (Å²) < 4.78 is 0. The Labute approximate surface area is 99.4 Å². The maximum Gasteiger partial charge on any atom is 0.226 e. The van der Waals surface area contributed by atoms with E-state index in [2.05, 4.69) is 32.6 Å². The van der Waals surface area contributed by atoms with Crippen LogP contribution < -0.4 is 0 Å². The zero-order valence-electron chi connectivity index (χ0n) is 11.1. The van der Waals surface area contributed by atoms with E-state index in [1.165, 1.54) is 19.3 Å². The van der Waals surface area contributed by atoms with Gasteiger partial charge in [0.2, 0.25) is 5.91 Å². The Hall–Kier alpha value is -0.530. The van der Waals surface area contributed by atoms with Crippen LogP contribution in [0.4, 0.5) is 0 Å². The number of carbonyl (C=O) groups excluding carboxylic acids is 1. The second-order valence-electron chi connectivity index (χ2n) is 5.98. The van der Waals surface area contributed by atoms with E-state index in [1.807, 2.05) is 0 Å². The zero-order valence-corrected chi connectivity index (χ0v) is 11.1. The normalized spacial score (nSPS) is 34.8. The average molecular weight is 223 g/mol. The molecule has 1 aliphatic carbocycles. The van der Waals surface area contributed by atoms with Crippen LogP contribution in [-0.2, 0) is 4.79 Å². The smallest absolute Gasteiger partial charge is 0.226 e. The molecular formula is C14H25NO. The summed E-state index contributed by atoms with van der Waals surface area (Å²) in [6, 6.07) is 1.12. The zero-order chi connectivity index (χ0) is 11.9. The first-order valence-electron chi connectivity index (χ1n) is 6.88. The minimum absolute atomic E-state index is 0.188. The van der Waals surface area contributed by atoms with Crippen LogP contribution in [0.2, 0.25) is 0 Å². The van der Waals surface area contributed by atoms with E-state index in [0.717, 1.165) is 12.3 Å². The molecule has 2 bridgehead atoms. The molecule has 0 aromatic heterocycles. The van der Waals surface area contributed by atoms with Gasteiger partial charge in [0.15, 0.2) is 0 Å². The van der Waals surface area contributed by atoms with E-state index in [1.54, 1.807) is 0 Å². The van der Waals surface area contributed by atoms with Crippen molar-refractivity contribution < 1.29 is 4.79 Å². The largest absolute Gasteiger partial charge is 0.336 e. The molecule has 2 nitrogen and oxygen atoms in total. The Kier molecular flexibility index (Phi) is 3.27. The van der Waals surface area contributed by atoms with Gasteiger partial charge in [0.1, 0.15) is 0 Å². The number of hydrogen-bond acceptors (Lipinski definition) is 1. The molecule has 0 N–H and O–H groups in total. The molecule has 2 fully saturated rings. The van der Waals surface area contributed by atoms with Crippen molar-refractivity contribution in [1.82, 2.24) is 4.90 Å². The summed E-state index contributed by atoms with van der Waals surface area (Å²) in [7, 11) is 0. The Balaban J connectivity index is 2.11. The predicted octanol–water partition coefficient (Wildman–Crippen LogP) is 3.07. The van der Waals surface area contributed by atoms with Crippen molar-refractivity contribution >= 4 is 5.91 Å². The molecule has 1 saturated carbocycles. The van der Waals surface area contributed by atoms with Gasteiger partial charge < -0.3 is 4.90 Å². The van der Waals surface area contributed by atoms with Crippen LogP contribution >= 0.6 is 0 Å². The lowest BCUT2D eigenvalue weighted by atomic mass is 9.92. The van der Waals surface area contributed by atoms with Gasteiger partial charge in [0.25, 0.3) is 0 Å².